The first-order chi connectivity index (χ1) is 32.9. The highest BCUT2D eigenvalue weighted by Gasteiger charge is 2.36. The Labute approximate surface area is 410 Å². The lowest BCUT2D eigenvalue weighted by Crippen LogP contribution is -2.40. The van der Waals surface area contributed by atoms with Crippen molar-refractivity contribution in [2.75, 3.05) is 34.2 Å². The minimum absolute atomic E-state index is 0.0191. The first kappa shape index (κ1) is 58.5. The molecule has 69 heavy (non-hydrogen) atoms. The van der Waals surface area contributed by atoms with E-state index in [1.807, 2.05) is 13.8 Å². The molecule has 4 heterocycles. The van der Waals surface area contributed by atoms with Gasteiger partial charge in [0.15, 0.2) is 46.0 Å². The van der Waals surface area contributed by atoms with Crippen molar-refractivity contribution in [1.29, 1.82) is 0 Å². The van der Waals surface area contributed by atoms with Crippen LogP contribution in [0.3, 0.4) is 0 Å². The number of carbonyl (C=O) groups excluding carboxylic acids is 5. The molecular formula is C53H82N2O14. The first-order valence-electron chi connectivity index (χ1n) is 25.2. The van der Waals surface area contributed by atoms with E-state index in [0.717, 1.165) is 64.2 Å². The quantitative estimate of drug-likeness (QED) is 0.0535. The zero-order valence-corrected chi connectivity index (χ0v) is 43.3. The molecule has 2 fully saturated rings. The average Bonchev–Trinajstić information content (AvgIpc) is 3.30. The van der Waals surface area contributed by atoms with E-state index in [0.29, 0.717) is 49.7 Å². The second kappa shape index (κ2) is 30.7. The van der Waals surface area contributed by atoms with Crippen molar-refractivity contribution in [2.24, 2.45) is 35.5 Å². The molecule has 8 atom stereocenters. The van der Waals surface area contributed by atoms with Crippen LogP contribution in [0.1, 0.15) is 173 Å². The Morgan fingerprint density at radius 2 is 1.13 bits per heavy atom. The molecule has 1 N–H and O–H groups in total. The van der Waals surface area contributed by atoms with Crippen molar-refractivity contribution >= 4 is 29.5 Å². The Hall–Kier alpha value is -4.83. The fourth-order valence-electron chi connectivity index (χ4n) is 9.04. The zero-order valence-electron chi connectivity index (χ0n) is 43.3. The van der Waals surface area contributed by atoms with Crippen molar-refractivity contribution in [1.82, 2.24) is 9.97 Å². The van der Waals surface area contributed by atoms with E-state index in [9.17, 15) is 29.1 Å². The van der Waals surface area contributed by atoms with E-state index >= 15 is 0 Å². The van der Waals surface area contributed by atoms with Crippen LogP contribution in [0.5, 0.6) is 23.0 Å². The smallest absolute Gasteiger partial charge is 0.309 e. The second-order valence-corrected chi connectivity index (χ2v) is 19.3. The molecule has 0 bridgehead atoms. The zero-order chi connectivity index (χ0) is 51.0. The van der Waals surface area contributed by atoms with Gasteiger partial charge in [0.05, 0.1) is 38.3 Å². The number of aromatic hydroxyl groups is 1. The minimum atomic E-state index is -0.613. The molecule has 0 amide bonds. The van der Waals surface area contributed by atoms with Gasteiger partial charge in [0.25, 0.3) is 0 Å². The van der Waals surface area contributed by atoms with Crippen molar-refractivity contribution in [3.8, 4) is 23.0 Å². The fourth-order valence-corrected chi connectivity index (χ4v) is 9.04. The third-order valence-electron chi connectivity index (χ3n) is 12.5. The fraction of sp³-hybridized carbons (Fsp3) is 0.717. The summed E-state index contributed by atoms with van der Waals surface area (Å²) in [5.41, 5.74) is -0.0611. The van der Waals surface area contributed by atoms with Gasteiger partial charge in [-0.25, -0.2) is 9.97 Å². The average molecular weight is 971 g/mol. The van der Waals surface area contributed by atoms with Crippen molar-refractivity contribution < 1.29 is 67.0 Å². The standard InChI is InChI=1S/C28H43NO8.C25H39NO6/c1-7-10-21-11-8-9-12-22(28(32)37-19(4)26(21)34-16-18(2)3)15-23(31)25-27(36-17-35-20(5)30)24(33-6)13-14-29-25;1-6-9-18-10-7-8-11-19(25(29)32-17(4)24(18)31-15-16(2)3)14-20(27)22-23(28)21(30-5)12-13-26-22/h13-14,18-19,21-22,26H,7-12,15-17H2,1-6H3;12-13,16-19,24,28H,6-11,14-15H2,1-5H3/t19-,21-,22+,26-;17-,18-,19+,24-/m00/s1. The maximum atomic E-state index is 13.3. The number of hydrogen-bond acceptors (Lipinski definition) is 16. The molecule has 2 aliphatic heterocycles. The lowest BCUT2D eigenvalue weighted by atomic mass is 9.86. The largest absolute Gasteiger partial charge is 0.503 e. The number of carbonyl (C=O) groups is 5. The summed E-state index contributed by atoms with van der Waals surface area (Å²) in [6, 6.07) is 3.03. The normalized spacial score (nSPS) is 23.7. The van der Waals surface area contributed by atoms with Crippen LogP contribution >= 0.6 is 0 Å². The summed E-state index contributed by atoms with van der Waals surface area (Å²) >= 11 is 0. The van der Waals surface area contributed by atoms with Gasteiger partial charge in [0.2, 0.25) is 6.79 Å². The molecule has 0 saturated carbocycles. The van der Waals surface area contributed by atoms with Gasteiger partial charge in [-0.05, 0) is 76.0 Å². The monoisotopic (exact) mass is 971 g/mol. The second-order valence-electron chi connectivity index (χ2n) is 19.3. The molecule has 2 saturated heterocycles. The predicted octanol–water partition coefficient (Wildman–Crippen LogP) is 10.1. The van der Waals surface area contributed by atoms with Crippen molar-refractivity contribution in [2.45, 2.75) is 177 Å². The van der Waals surface area contributed by atoms with Gasteiger partial charge < -0.3 is 43.0 Å². The van der Waals surface area contributed by atoms with E-state index in [4.69, 9.17) is 37.9 Å². The number of esters is 3. The SMILES string of the molecule is CCC[C@H]1CCCC[C@H](CC(=O)c2nccc(OC)c2O)C(=O)O[C@@H](C)[C@@H]1OCC(C)C.CCC[C@H]1CCCC[C@H](CC(=O)c2nccc(OC)c2OCOC(C)=O)C(=O)O[C@@H](C)[C@@H]1OCC(C)C. The Bertz CT molecular complexity index is 1910. The van der Waals surface area contributed by atoms with Crippen LogP contribution in [0.2, 0.25) is 0 Å². The van der Waals surface area contributed by atoms with E-state index in [1.165, 1.54) is 39.6 Å². The highest BCUT2D eigenvalue weighted by molar-refractivity contribution is 6.00. The summed E-state index contributed by atoms with van der Waals surface area (Å²) in [4.78, 5) is 71.7. The molecule has 4 rings (SSSR count). The summed E-state index contributed by atoms with van der Waals surface area (Å²) in [7, 11) is 2.85. The molecule has 2 aromatic heterocycles. The van der Waals surface area contributed by atoms with Crippen LogP contribution in [-0.2, 0) is 38.1 Å². The third-order valence-corrected chi connectivity index (χ3v) is 12.5. The highest BCUT2D eigenvalue weighted by Crippen LogP contribution is 2.35. The minimum Gasteiger partial charge on any atom is -0.503 e. The molecule has 0 aliphatic carbocycles. The molecule has 0 spiro atoms. The number of aromatic nitrogens is 2. The Kier molecular flexibility index (Phi) is 26.0. The van der Waals surface area contributed by atoms with E-state index < -0.39 is 48.6 Å². The van der Waals surface area contributed by atoms with Crippen molar-refractivity contribution in [3.63, 3.8) is 0 Å². The molecule has 16 heteroatoms. The van der Waals surface area contributed by atoms with E-state index in [-0.39, 0.29) is 71.2 Å². The topological polar surface area (TPSA) is 205 Å². The number of hydrogen-bond donors (Lipinski definition) is 1. The lowest BCUT2D eigenvalue weighted by Gasteiger charge is -2.34. The van der Waals surface area contributed by atoms with Crippen LogP contribution < -0.4 is 14.2 Å². The first-order valence-corrected chi connectivity index (χ1v) is 25.2. The third kappa shape index (κ3) is 19.1. The van der Waals surface area contributed by atoms with Crippen LogP contribution in [0.25, 0.3) is 0 Å². The van der Waals surface area contributed by atoms with Crippen molar-refractivity contribution in [3.05, 3.63) is 35.9 Å². The molecule has 0 radical (unpaired) electrons. The van der Waals surface area contributed by atoms with Gasteiger partial charge in [-0.2, -0.15) is 0 Å². The van der Waals surface area contributed by atoms with Gasteiger partial charge in [0.1, 0.15) is 12.2 Å². The van der Waals surface area contributed by atoms with Gasteiger partial charge >= 0.3 is 17.9 Å². The van der Waals surface area contributed by atoms with Gasteiger partial charge in [-0.15, -0.1) is 0 Å². The Balaban J connectivity index is 0.000000369. The Morgan fingerprint density at radius 1 is 0.696 bits per heavy atom. The molecule has 2 aromatic rings. The van der Waals surface area contributed by atoms with Crippen LogP contribution in [0.4, 0.5) is 0 Å². The summed E-state index contributed by atoms with van der Waals surface area (Å²) in [5.74, 6) is -1.61. The highest BCUT2D eigenvalue weighted by atomic mass is 16.7. The maximum Gasteiger partial charge on any atom is 0.309 e. The molecule has 0 aromatic carbocycles. The number of cyclic esters (lactones) is 2. The summed E-state index contributed by atoms with van der Waals surface area (Å²) < 4.78 is 45.0. The summed E-state index contributed by atoms with van der Waals surface area (Å²) in [6.07, 6.45) is 12.4. The number of methoxy groups -OCH3 is 2. The van der Waals surface area contributed by atoms with Crippen LogP contribution in [0, 0.1) is 35.5 Å². The molecule has 0 unspecified atom stereocenters. The van der Waals surface area contributed by atoms with Gasteiger partial charge in [-0.1, -0.05) is 80.1 Å². The van der Waals surface area contributed by atoms with Crippen LogP contribution in [-0.4, -0.2) is 103 Å². The Morgan fingerprint density at radius 3 is 1.57 bits per heavy atom. The summed E-state index contributed by atoms with van der Waals surface area (Å²) in [6.45, 7) is 18.6. The summed E-state index contributed by atoms with van der Waals surface area (Å²) in [5, 5.41) is 10.3. The number of ketones is 2. The van der Waals surface area contributed by atoms with Gasteiger partial charge in [0, 0.05) is 57.5 Å². The van der Waals surface area contributed by atoms with Crippen LogP contribution in [0.15, 0.2) is 24.5 Å². The number of ether oxygens (including phenoxy) is 8. The number of Topliss-reactive ketones (excluding diaryl/α,β-unsaturated/α-hetero) is 2. The van der Waals surface area contributed by atoms with E-state index in [2.05, 4.69) is 51.5 Å². The van der Waals surface area contributed by atoms with E-state index in [1.54, 1.807) is 6.07 Å². The molecular weight excluding hydrogens is 889 g/mol. The number of pyridine rings is 2. The predicted molar refractivity (Wildman–Crippen MR) is 259 cm³/mol. The molecule has 2 aliphatic rings. The van der Waals surface area contributed by atoms with Gasteiger partial charge in [-0.3, -0.25) is 24.0 Å². The maximum absolute atomic E-state index is 13.3. The number of rotatable bonds is 21. The number of nitrogens with zero attached hydrogens (tertiary/aromatic N) is 2. The lowest BCUT2D eigenvalue weighted by molar-refractivity contribution is -0.167. The molecule has 16 nitrogen and oxygen atoms in total. The molecule has 388 valence electrons.